The predicted octanol–water partition coefficient (Wildman–Crippen LogP) is 17.6. The lowest BCUT2D eigenvalue weighted by molar-refractivity contribution is 0.673. The fourth-order valence-electron chi connectivity index (χ4n) is 11.0. The van der Waals surface area contributed by atoms with Gasteiger partial charge in [-0.05, 0) is 91.5 Å². The molecule has 1 heterocycles. The average molecular weight is 854 g/mol. The molecule has 0 atom stereocenters. The van der Waals surface area contributed by atoms with Crippen LogP contribution in [0.5, 0.6) is 0 Å². The van der Waals surface area contributed by atoms with Gasteiger partial charge >= 0.3 is 0 Å². The van der Waals surface area contributed by atoms with Gasteiger partial charge in [0.1, 0.15) is 11.2 Å². The maximum atomic E-state index is 6.96. The summed E-state index contributed by atoms with van der Waals surface area (Å²) in [4.78, 5) is 2.50. The number of furan rings is 1. The molecule has 0 unspecified atom stereocenters. The normalized spacial score (nSPS) is 12.6. The summed E-state index contributed by atoms with van der Waals surface area (Å²) < 4.78 is 6.96. The first-order valence-corrected chi connectivity index (χ1v) is 23.1. The van der Waals surface area contributed by atoms with Crippen molar-refractivity contribution in [3.63, 3.8) is 0 Å². The fourth-order valence-corrected chi connectivity index (χ4v) is 11.0. The zero-order chi connectivity index (χ0) is 44.3. The second kappa shape index (κ2) is 15.8. The van der Waals surface area contributed by atoms with Crippen LogP contribution in [0.15, 0.2) is 265 Å². The highest BCUT2D eigenvalue weighted by atomic mass is 16.3. The molecule has 0 amide bonds. The first-order chi connectivity index (χ1) is 33.3. The average Bonchev–Trinajstić information content (AvgIpc) is 3.94. The lowest BCUT2D eigenvalue weighted by Gasteiger charge is -2.35. The SMILES string of the molecule is c1ccc(-c2ccc(-c3cccc4oc5c6ccccc6c(N(c6ccc7c(c6)C(c6ccccc6)(c6ccccc6)c6ccccc6-7)c6ccccc6-c6ccccc6)cc5c34)cc2)cc1. The summed E-state index contributed by atoms with van der Waals surface area (Å²) in [6.45, 7) is 0. The number of hydrogen-bond donors (Lipinski definition) is 0. The Morgan fingerprint density at radius 2 is 0.836 bits per heavy atom. The summed E-state index contributed by atoms with van der Waals surface area (Å²) in [5, 5.41) is 4.34. The largest absolute Gasteiger partial charge is 0.455 e. The highest BCUT2D eigenvalue weighted by Gasteiger charge is 2.46. The minimum Gasteiger partial charge on any atom is -0.455 e. The fraction of sp³-hybridized carbons (Fsp3) is 0.0154. The minimum atomic E-state index is -0.563. The highest BCUT2D eigenvalue weighted by molar-refractivity contribution is 6.22. The first kappa shape index (κ1) is 38.7. The van der Waals surface area contributed by atoms with Crippen molar-refractivity contribution in [2.24, 2.45) is 0 Å². The second-order valence-corrected chi connectivity index (χ2v) is 17.5. The number of para-hydroxylation sites is 1. The molecular formula is C65H43NO. The molecule has 11 aromatic carbocycles. The van der Waals surface area contributed by atoms with Crippen LogP contribution >= 0.6 is 0 Å². The van der Waals surface area contributed by atoms with Crippen molar-refractivity contribution >= 4 is 49.8 Å². The van der Waals surface area contributed by atoms with E-state index in [0.717, 1.165) is 72.0 Å². The van der Waals surface area contributed by atoms with Crippen LogP contribution in [0.3, 0.4) is 0 Å². The smallest absolute Gasteiger partial charge is 0.143 e. The van der Waals surface area contributed by atoms with Gasteiger partial charge in [0, 0.05) is 32.8 Å². The summed E-state index contributed by atoms with van der Waals surface area (Å²) >= 11 is 0. The van der Waals surface area contributed by atoms with Gasteiger partial charge in [-0.15, -0.1) is 0 Å². The number of rotatable bonds is 8. The minimum absolute atomic E-state index is 0.563. The van der Waals surface area contributed by atoms with Crippen molar-refractivity contribution in [3.8, 4) is 44.5 Å². The molecule has 2 nitrogen and oxygen atoms in total. The lowest BCUT2D eigenvalue weighted by atomic mass is 9.67. The van der Waals surface area contributed by atoms with Gasteiger partial charge in [-0.2, -0.15) is 0 Å². The van der Waals surface area contributed by atoms with E-state index >= 15 is 0 Å². The molecule has 12 aromatic rings. The summed E-state index contributed by atoms with van der Waals surface area (Å²) in [6, 6.07) is 95.0. The molecule has 1 aromatic heterocycles. The van der Waals surface area contributed by atoms with Gasteiger partial charge in [-0.3, -0.25) is 0 Å². The molecule has 2 heteroatoms. The topological polar surface area (TPSA) is 16.4 Å². The highest BCUT2D eigenvalue weighted by Crippen LogP contribution is 2.58. The van der Waals surface area contributed by atoms with E-state index in [0.29, 0.717) is 0 Å². The summed E-state index contributed by atoms with van der Waals surface area (Å²) in [6.07, 6.45) is 0. The zero-order valence-corrected chi connectivity index (χ0v) is 36.7. The molecule has 0 saturated heterocycles. The number of benzene rings is 11. The van der Waals surface area contributed by atoms with E-state index < -0.39 is 5.41 Å². The van der Waals surface area contributed by atoms with Gasteiger partial charge < -0.3 is 9.32 Å². The maximum Gasteiger partial charge on any atom is 0.143 e. The molecule has 0 aliphatic heterocycles. The van der Waals surface area contributed by atoms with Crippen LogP contribution in [0, 0.1) is 0 Å². The molecule has 13 rings (SSSR count). The van der Waals surface area contributed by atoms with Crippen LogP contribution in [0.25, 0.3) is 77.2 Å². The van der Waals surface area contributed by atoms with E-state index in [-0.39, 0.29) is 0 Å². The summed E-state index contributed by atoms with van der Waals surface area (Å²) in [7, 11) is 0. The number of nitrogens with zero attached hydrogens (tertiary/aromatic N) is 1. The second-order valence-electron chi connectivity index (χ2n) is 17.5. The molecule has 0 spiro atoms. The molecule has 314 valence electrons. The Morgan fingerprint density at radius 3 is 1.55 bits per heavy atom. The Kier molecular flexibility index (Phi) is 9.11. The number of hydrogen-bond acceptors (Lipinski definition) is 2. The van der Waals surface area contributed by atoms with Crippen molar-refractivity contribution < 1.29 is 4.42 Å². The van der Waals surface area contributed by atoms with Crippen LogP contribution in [-0.2, 0) is 5.41 Å². The zero-order valence-electron chi connectivity index (χ0n) is 36.7. The molecule has 0 radical (unpaired) electrons. The van der Waals surface area contributed by atoms with Gasteiger partial charge in [0.05, 0.1) is 16.8 Å². The van der Waals surface area contributed by atoms with Crippen molar-refractivity contribution in [3.05, 3.63) is 283 Å². The Hall–Kier alpha value is -8.72. The Balaban J connectivity index is 1.11. The molecule has 1 aliphatic carbocycles. The van der Waals surface area contributed by atoms with Gasteiger partial charge in [0.2, 0.25) is 0 Å². The van der Waals surface area contributed by atoms with Crippen molar-refractivity contribution in [2.75, 3.05) is 4.90 Å². The molecule has 1 aliphatic rings. The molecule has 67 heavy (non-hydrogen) atoms. The van der Waals surface area contributed by atoms with Crippen LogP contribution in [0.4, 0.5) is 17.1 Å². The predicted molar refractivity (Wildman–Crippen MR) is 280 cm³/mol. The Bertz CT molecular complexity index is 3740. The third-order valence-electron chi connectivity index (χ3n) is 14.0. The quantitative estimate of drug-likeness (QED) is 0.151. The van der Waals surface area contributed by atoms with E-state index in [1.165, 1.54) is 44.5 Å². The number of fused-ring (bicyclic) bond motifs is 8. The van der Waals surface area contributed by atoms with E-state index in [9.17, 15) is 0 Å². The van der Waals surface area contributed by atoms with Gasteiger partial charge in [-0.25, -0.2) is 0 Å². The van der Waals surface area contributed by atoms with Crippen LogP contribution < -0.4 is 4.90 Å². The monoisotopic (exact) mass is 853 g/mol. The van der Waals surface area contributed by atoms with Crippen molar-refractivity contribution in [1.82, 2.24) is 0 Å². The standard InChI is InChI=1S/C65H43NO/c1-5-20-44(21-6-1)45-36-38-47(39-37-45)52-32-19-35-62-63(52)57-43-61(55-30-13-14-31-56(55)64(57)67-62)66(60-34-18-16-28-51(60)46-22-7-2-8-23-46)50-40-41-54-53-29-15-17-33-58(53)65(59(54)42-50,48-24-9-3-10-25-48)49-26-11-4-12-27-49/h1-43H. The molecule has 0 bridgehead atoms. The molecular weight excluding hydrogens is 811 g/mol. The van der Waals surface area contributed by atoms with Crippen LogP contribution in [0.2, 0.25) is 0 Å². The Morgan fingerprint density at radius 1 is 0.313 bits per heavy atom. The molecule has 0 N–H and O–H groups in total. The van der Waals surface area contributed by atoms with E-state index in [2.05, 4.69) is 266 Å². The third kappa shape index (κ3) is 6.11. The summed E-state index contributed by atoms with van der Waals surface area (Å²) in [5.41, 5.74) is 18.9. The van der Waals surface area contributed by atoms with Gasteiger partial charge in [-0.1, -0.05) is 231 Å². The van der Waals surface area contributed by atoms with Crippen molar-refractivity contribution in [1.29, 1.82) is 0 Å². The van der Waals surface area contributed by atoms with E-state index in [1.807, 2.05) is 0 Å². The lowest BCUT2D eigenvalue weighted by Crippen LogP contribution is -2.28. The van der Waals surface area contributed by atoms with Crippen LogP contribution in [-0.4, -0.2) is 0 Å². The third-order valence-corrected chi connectivity index (χ3v) is 14.0. The first-order valence-electron chi connectivity index (χ1n) is 23.1. The van der Waals surface area contributed by atoms with Gasteiger partial charge in [0.15, 0.2) is 0 Å². The van der Waals surface area contributed by atoms with Crippen molar-refractivity contribution in [2.45, 2.75) is 5.41 Å². The number of anilines is 3. The van der Waals surface area contributed by atoms with Crippen LogP contribution in [0.1, 0.15) is 22.3 Å². The van der Waals surface area contributed by atoms with Gasteiger partial charge in [0.25, 0.3) is 0 Å². The molecule has 0 saturated carbocycles. The van der Waals surface area contributed by atoms with E-state index in [1.54, 1.807) is 0 Å². The van der Waals surface area contributed by atoms with E-state index in [4.69, 9.17) is 4.42 Å². The Labute approximate surface area is 390 Å². The molecule has 0 fully saturated rings. The summed E-state index contributed by atoms with van der Waals surface area (Å²) in [5.74, 6) is 0. The maximum absolute atomic E-state index is 6.96.